The number of para-hydroxylation sites is 1. The Balaban J connectivity index is 1.42. The lowest BCUT2D eigenvalue weighted by atomic mass is 9.88. The number of hydrogen-bond donors (Lipinski definition) is 2. The van der Waals surface area contributed by atoms with E-state index in [0.29, 0.717) is 12.6 Å². The third-order valence-corrected chi connectivity index (χ3v) is 7.88. The third kappa shape index (κ3) is 4.58. The van der Waals surface area contributed by atoms with Gasteiger partial charge in [-0.2, -0.15) is 0 Å². The average molecular weight is 475 g/mol. The highest BCUT2D eigenvalue weighted by Gasteiger charge is 2.36. The summed E-state index contributed by atoms with van der Waals surface area (Å²) < 4.78 is 14.7. The first-order chi connectivity index (χ1) is 17.0. The summed E-state index contributed by atoms with van der Waals surface area (Å²) in [5.41, 5.74) is 7.26. The molecule has 4 nitrogen and oxygen atoms in total. The number of benzene rings is 2. The SMILES string of the molecule is C=C(CC)N1[C@H](c2ccc(N[C@@H]3CN(CCCC)C[C@H]3F)cc2)c2[nH]c3ccccc3c2C[C@H]1C. The Kier molecular flexibility index (Phi) is 6.88. The zero-order chi connectivity index (χ0) is 24.5. The number of alkyl halides is 1. The molecule has 1 saturated heterocycles. The molecule has 0 radical (unpaired) electrons. The number of fused-ring (bicyclic) bond motifs is 3. The van der Waals surface area contributed by atoms with Crippen molar-refractivity contribution in [1.82, 2.24) is 14.8 Å². The molecule has 0 saturated carbocycles. The van der Waals surface area contributed by atoms with Gasteiger partial charge < -0.3 is 15.2 Å². The molecular formula is C30H39FN4. The minimum absolute atomic E-state index is 0.0904. The minimum atomic E-state index is -0.831. The molecule has 35 heavy (non-hydrogen) atoms. The van der Waals surface area contributed by atoms with Crippen molar-refractivity contribution in [2.75, 3.05) is 25.0 Å². The summed E-state index contributed by atoms with van der Waals surface area (Å²) in [6.07, 6.45) is 3.37. The van der Waals surface area contributed by atoms with Crippen molar-refractivity contribution in [3.05, 3.63) is 77.6 Å². The number of aromatic amines is 1. The van der Waals surface area contributed by atoms with Crippen LogP contribution in [0.25, 0.3) is 10.9 Å². The Morgan fingerprint density at radius 1 is 1.11 bits per heavy atom. The van der Waals surface area contributed by atoms with Crippen LogP contribution in [-0.4, -0.2) is 52.7 Å². The van der Waals surface area contributed by atoms with E-state index in [2.05, 4.69) is 96.0 Å². The van der Waals surface area contributed by atoms with Crippen LogP contribution < -0.4 is 5.32 Å². The number of halogens is 1. The summed E-state index contributed by atoms with van der Waals surface area (Å²) in [5, 5.41) is 4.79. The highest BCUT2D eigenvalue weighted by atomic mass is 19.1. The van der Waals surface area contributed by atoms with E-state index in [9.17, 15) is 4.39 Å². The maximum Gasteiger partial charge on any atom is 0.134 e. The highest BCUT2D eigenvalue weighted by molar-refractivity contribution is 5.85. The summed E-state index contributed by atoms with van der Waals surface area (Å²) in [5.74, 6) is 0. The second kappa shape index (κ2) is 10.1. The van der Waals surface area contributed by atoms with Crippen LogP contribution in [0.1, 0.15) is 62.9 Å². The first kappa shape index (κ1) is 23.9. The van der Waals surface area contributed by atoms with Crippen LogP contribution in [0, 0.1) is 0 Å². The fourth-order valence-corrected chi connectivity index (χ4v) is 5.98. The second-order valence-corrected chi connectivity index (χ2v) is 10.3. The molecule has 4 atom stereocenters. The summed E-state index contributed by atoms with van der Waals surface area (Å²) in [6.45, 7) is 13.4. The number of likely N-dealkylation sites (tertiary alicyclic amines) is 1. The molecule has 186 valence electrons. The van der Waals surface area contributed by atoms with Crippen LogP contribution in [0.5, 0.6) is 0 Å². The molecule has 0 amide bonds. The van der Waals surface area contributed by atoms with Gasteiger partial charge in [0, 0.05) is 47.1 Å². The standard InChI is InChI=1S/C30H39FN4/c1-5-7-16-34-18-26(31)28(19-34)32-23-14-12-22(13-15-23)30-29-25(17-21(4)35(30)20(3)6-2)24-10-8-9-11-27(24)33-29/h8-15,21,26,28,30,32-33H,3,5-7,16-19H2,1-2,4H3/t21-,26-,28-,30-/m1/s1. The normalized spacial score (nSPS) is 24.6. The largest absolute Gasteiger partial charge is 0.378 e. The Bertz CT molecular complexity index is 1170. The van der Waals surface area contributed by atoms with Gasteiger partial charge in [0.15, 0.2) is 0 Å². The Morgan fingerprint density at radius 2 is 1.89 bits per heavy atom. The smallest absolute Gasteiger partial charge is 0.134 e. The lowest BCUT2D eigenvalue weighted by Crippen LogP contribution is -2.41. The van der Waals surface area contributed by atoms with Gasteiger partial charge in [0.2, 0.25) is 0 Å². The van der Waals surface area contributed by atoms with Crippen LogP contribution in [-0.2, 0) is 6.42 Å². The van der Waals surface area contributed by atoms with E-state index in [4.69, 9.17) is 0 Å². The summed E-state index contributed by atoms with van der Waals surface area (Å²) in [6, 6.07) is 17.5. The molecule has 3 heterocycles. The lowest BCUT2D eigenvalue weighted by molar-refractivity contribution is 0.196. The monoisotopic (exact) mass is 474 g/mol. The van der Waals surface area contributed by atoms with Gasteiger partial charge in [-0.1, -0.05) is 57.2 Å². The van der Waals surface area contributed by atoms with E-state index < -0.39 is 6.17 Å². The number of hydrogen-bond acceptors (Lipinski definition) is 3. The van der Waals surface area contributed by atoms with Gasteiger partial charge in [-0.3, -0.25) is 4.90 Å². The van der Waals surface area contributed by atoms with Gasteiger partial charge >= 0.3 is 0 Å². The number of nitrogens with zero attached hydrogens (tertiary/aromatic N) is 2. The van der Waals surface area contributed by atoms with Crippen LogP contribution in [0.4, 0.5) is 10.1 Å². The van der Waals surface area contributed by atoms with E-state index in [1.54, 1.807) is 0 Å². The van der Waals surface area contributed by atoms with Gasteiger partial charge in [0.05, 0.1) is 12.1 Å². The first-order valence-electron chi connectivity index (χ1n) is 13.3. The van der Waals surface area contributed by atoms with Gasteiger partial charge in [0.1, 0.15) is 6.17 Å². The number of allylic oxidation sites excluding steroid dienone is 1. The predicted molar refractivity (Wildman–Crippen MR) is 145 cm³/mol. The minimum Gasteiger partial charge on any atom is -0.378 e. The maximum absolute atomic E-state index is 14.7. The number of unbranched alkanes of at least 4 members (excludes halogenated alkanes) is 1. The molecule has 5 heteroatoms. The van der Waals surface area contributed by atoms with Gasteiger partial charge in [-0.25, -0.2) is 4.39 Å². The summed E-state index contributed by atoms with van der Waals surface area (Å²) >= 11 is 0. The van der Waals surface area contributed by atoms with Crippen molar-refractivity contribution in [1.29, 1.82) is 0 Å². The molecule has 2 N–H and O–H groups in total. The molecule has 0 unspecified atom stereocenters. The van der Waals surface area contributed by atoms with E-state index in [-0.39, 0.29) is 12.1 Å². The molecule has 3 aromatic rings. The number of H-pyrrole nitrogens is 1. The molecule has 0 spiro atoms. The summed E-state index contributed by atoms with van der Waals surface area (Å²) in [4.78, 5) is 8.47. The predicted octanol–water partition coefficient (Wildman–Crippen LogP) is 6.66. The first-order valence-corrected chi connectivity index (χ1v) is 13.3. The number of nitrogens with one attached hydrogen (secondary N) is 2. The van der Waals surface area contributed by atoms with Crippen molar-refractivity contribution >= 4 is 16.6 Å². The van der Waals surface area contributed by atoms with Crippen molar-refractivity contribution in [3.63, 3.8) is 0 Å². The van der Waals surface area contributed by atoms with Crippen molar-refractivity contribution in [3.8, 4) is 0 Å². The fraction of sp³-hybridized carbons (Fsp3) is 0.467. The Labute approximate surface area is 209 Å². The van der Waals surface area contributed by atoms with Crippen LogP contribution in [0.3, 0.4) is 0 Å². The fourth-order valence-electron chi connectivity index (χ4n) is 5.98. The zero-order valence-electron chi connectivity index (χ0n) is 21.4. The lowest BCUT2D eigenvalue weighted by Gasteiger charge is -2.43. The molecule has 2 aromatic carbocycles. The van der Waals surface area contributed by atoms with E-state index in [1.807, 2.05) is 0 Å². The van der Waals surface area contributed by atoms with Gasteiger partial charge in [0.25, 0.3) is 0 Å². The molecule has 1 aromatic heterocycles. The van der Waals surface area contributed by atoms with Crippen LogP contribution in [0.15, 0.2) is 60.8 Å². The summed E-state index contributed by atoms with van der Waals surface area (Å²) in [7, 11) is 0. The van der Waals surface area contributed by atoms with Crippen molar-refractivity contribution < 1.29 is 4.39 Å². The Morgan fingerprint density at radius 3 is 2.63 bits per heavy atom. The zero-order valence-corrected chi connectivity index (χ0v) is 21.4. The third-order valence-electron chi connectivity index (χ3n) is 7.88. The van der Waals surface area contributed by atoms with E-state index in [1.165, 1.54) is 27.7 Å². The molecule has 2 aliphatic rings. The average Bonchev–Trinajstić information content (AvgIpc) is 3.41. The molecular weight excluding hydrogens is 435 g/mol. The molecule has 2 aliphatic heterocycles. The van der Waals surface area contributed by atoms with Crippen molar-refractivity contribution in [2.24, 2.45) is 0 Å². The molecule has 5 rings (SSSR count). The second-order valence-electron chi connectivity index (χ2n) is 10.3. The number of rotatable bonds is 8. The number of aromatic nitrogens is 1. The topological polar surface area (TPSA) is 34.3 Å². The van der Waals surface area contributed by atoms with Gasteiger partial charge in [-0.05, 0) is 62.1 Å². The van der Waals surface area contributed by atoms with E-state index >= 15 is 0 Å². The Hall–Kier alpha value is -2.79. The molecule has 1 fully saturated rings. The van der Waals surface area contributed by atoms with Gasteiger partial charge in [-0.15, -0.1) is 0 Å². The van der Waals surface area contributed by atoms with Crippen LogP contribution in [0.2, 0.25) is 0 Å². The highest BCUT2D eigenvalue weighted by Crippen LogP contribution is 2.43. The van der Waals surface area contributed by atoms with Crippen LogP contribution >= 0.6 is 0 Å². The van der Waals surface area contributed by atoms with E-state index in [0.717, 1.165) is 50.2 Å². The quantitative estimate of drug-likeness (QED) is 0.383. The molecule has 0 bridgehead atoms. The molecule has 0 aliphatic carbocycles. The number of anilines is 1. The van der Waals surface area contributed by atoms with Crippen molar-refractivity contribution in [2.45, 2.75) is 70.8 Å². The maximum atomic E-state index is 14.7.